The molecular formula is C17H20F2N2O2S. The Morgan fingerprint density at radius 2 is 2.17 bits per heavy atom. The van der Waals surface area contributed by atoms with Crippen molar-refractivity contribution in [3.05, 3.63) is 39.4 Å². The van der Waals surface area contributed by atoms with Crippen LogP contribution in [-0.2, 0) is 29.7 Å². The van der Waals surface area contributed by atoms with Crippen LogP contribution in [0.1, 0.15) is 33.9 Å². The SMILES string of the molecule is FC(F)Cc1cc2c(s1)C1(CCN(Cc3ccon3)CC1)OCC2. The molecule has 0 saturated carbocycles. The van der Waals surface area contributed by atoms with Crippen LogP contribution in [0.2, 0.25) is 0 Å². The van der Waals surface area contributed by atoms with Gasteiger partial charge in [-0.2, -0.15) is 0 Å². The normalized spacial score (nSPS) is 20.6. The van der Waals surface area contributed by atoms with E-state index in [1.807, 2.05) is 12.1 Å². The van der Waals surface area contributed by atoms with Crippen LogP contribution in [0.15, 0.2) is 22.9 Å². The molecule has 0 unspecified atom stereocenters. The van der Waals surface area contributed by atoms with Crippen molar-refractivity contribution < 1.29 is 18.0 Å². The van der Waals surface area contributed by atoms with E-state index in [1.165, 1.54) is 21.8 Å². The molecule has 4 rings (SSSR count). The van der Waals surface area contributed by atoms with E-state index in [0.29, 0.717) is 6.61 Å². The highest BCUT2D eigenvalue weighted by atomic mass is 32.1. The van der Waals surface area contributed by atoms with Crippen molar-refractivity contribution in [2.24, 2.45) is 0 Å². The van der Waals surface area contributed by atoms with Crippen LogP contribution >= 0.6 is 11.3 Å². The fourth-order valence-corrected chi connectivity index (χ4v) is 5.14. The number of rotatable bonds is 4. The van der Waals surface area contributed by atoms with Gasteiger partial charge in [-0.25, -0.2) is 8.78 Å². The van der Waals surface area contributed by atoms with Crippen LogP contribution in [0.5, 0.6) is 0 Å². The number of halogens is 2. The van der Waals surface area contributed by atoms with Crippen molar-refractivity contribution in [3.8, 4) is 0 Å². The number of fused-ring (bicyclic) bond motifs is 2. The molecule has 130 valence electrons. The number of thiophene rings is 1. The Hall–Kier alpha value is -1.31. The van der Waals surface area contributed by atoms with E-state index in [1.54, 1.807) is 6.26 Å². The monoisotopic (exact) mass is 354 g/mol. The largest absolute Gasteiger partial charge is 0.369 e. The molecule has 0 atom stereocenters. The van der Waals surface area contributed by atoms with E-state index in [4.69, 9.17) is 9.26 Å². The summed E-state index contributed by atoms with van der Waals surface area (Å²) < 4.78 is 36.5. The first kappa shape index (κ1) is 16.2. The molecule has 0 aromatic carbocycles. The van der Waals surface area contributed by atoms with Crippen LogP contribution < -0.4 is 0 Å². The van der Waals surface area contributed by atoms with E-state index in [9.17, 15) is 8.78 Å². The zero-order valence-electron chi connectivity index (χ0n) is 13.3. The van der Waals surface area contributed by atoms with Gasteiger partial charge in [0.15, 0.2) is 0 Å². The van der Waals surface area contributed by atoms with E-state index < -0.39 is 6.43 Å². The average Bonchev–Trinajstić information content (AvgIpc) is 3.19. The lowest BCUT2D eigenvalue weighted by molar-refractivity contribution is -0.0962. The second-order valence-corrected chi connectivity index (χ2v) is 7.66. The van der Waals surface area contributed by atoms with Crippen LogP contribution in [0.4, 0.5) is 8.78 Å². The number of ether oxygens (including phenoxy) is 1. The zero-order valence-corrected chi connectivity index (χ0v) is 14.2. The summed E-state index contributed by atoms with van der Waals surface area (Å²) in [6.45, 7) is 3.28. The highest BCUT2D eigenvalue weighted by Gasteiger charge is 2.42. The van der Waals surface area contributed by atoms with Gasteiger partial charge in [0.1, 0.15) is 11.9 Å². The number of likely N-dealkylation sites (tertiary alicyclic amines) is 1. The van der Waals surface area contributed by atoms with Gasteiger partial charge in [0.2, 0.25) is 6.43 Å². The first-order chi connectivity index (χ1) is 11.6. The fourth-order valence-electron chi connectivity index (χ4n) is 3.72. The molecule has 2 aromatic rings. The summed E-state index contributed by atoms with van der Waals surface area (Å²) >= 11 is 1.52. The van der Waals surface area contributed by atoms with Crippen molar-refractivity contribution in [1.29, 1.82) is 0 Å². The quantitative estimate of drug-likeness (QED) is 0.841. The van der Waals surface area contributed by atoms with Crippen molar-refractivity contribution in [1.82, 2.24) is 10.1 Å². The number of hydrogen-bond donors (Lipinski definition) is 0. The van der Waals surface area contributed by atoms with Crippen LogP contribution in [0.25, 0.3) is 0 Å². The Morgan fingerprint density at radius 1 is 1.33 bits per heavy atom. The maximum atomic E-state index is 12.7. The van der Waals surface area contributed by atoms with Gasteiger partial charge >= 0.3 is 0 Å². The molecule has 0 amide bonds. The Bertz CT molecular complexity index is 679. The molecule has 2 aliphatic rings. The van der Waals surface area contributed by atoms with Crippen molar-refractivity contribution in [2.75, 3.05) is 19.7 Å². The van der Waals surface area contributed by atoms with Crippen LogP contribution in [0, 0.1) is 0 Å². The molecule has 2 aromatic heterocycles. The fraction of sp³-hybridized carbons (Fsp3) is 0.588. The number of piperidine rings is 1. The van der Waals surface area contributed by atoms with E-state index in [0.717, 1.165) is 49.5 Å². The van der Waals surface area contributed by atoms with Crippen molar-refractivity contribution >= 4 is 11.3 Å². The molecule has 0 radical (unpaired) electrons. The second kappa shape index (κ2) is 6.54. The standard InChI is InChI=1S/C17H20F2N2O2S/c18-15(19)10-14-9-12-1-7-22-17(16(12)24-14)3-5-21(6-4-17)11-13-2-8-23-20-13/h2,8-9,15H,1,3-7,10-11H2. The minimum Gasteiger partial charge on any atom is -0.369 e. The zero-order chi connectivity index (χ0) is 16.6. The Balaban J connectivity index is 1.48. The van der Waals surface area contributed by atoms with Gasteiger partial charge in [-0.05, 0) is 30.9 Å². The molecule has 0 aliphatic carbocycles. The van der Waals surface area contributed by atoms with Gasteiger partial charge in [-0.15, -0.1) is 11.3 Å². The highest BCUT2D eigenvalue weighted by Crippen LogP contribution is 2.45. The Kier molecular flexibility index (Phi) is 4.40. The average molecular weight is 354 g/mol. The first-order valence-corrected chi connectivity index (χ1v) is 9.12. The van der Waals surface area contributed by atoms with Gasteiger partial charge in [-0.1, -0.05) is 5.16 Å². The molecule has 4 heterocycles. The highest BCUT2D eigenvalue weighted by molar-refractivity contribution is 7.12. The molecular weight excluding hydrogens is 334 g/mol. The molecule has 0 N–H and O–H groups in total. The predicted molar refractivity (Wildman–Crippen MR) is 86.4 cm³/mol. The molecule has 7 heteroatoms. The summed E-state index contributed by atoms with van der Waals surface area (Å²) in [5, 5.41) is 3.96. The molecule has 1 fully saturated rings. The number of aromatic nitrogens is 1. The molecule has 1 spiro atoms. The number of hydrogen-bond acceptors (Lipinski definition) is 5. The first-order valence-electron chi connectivity index (χ1n) is 8.30. The van der Waals surface area contributed by atoms with Crippen LogP contribution in [-0.4, -0.2) is 36.2 Å². The lowest BCUT2D eigenvalue weighted by Gasteiger charge is -2.43. The number of alkyl halides is 2. The third kappa shape index (κ3) is 3.12. The molecule has 0 bridgehead atoms. The maximum absolute atomic E-state index is 12.7. The van der Waals surface area contributed by atoms with E-state index >= 15 is 0 Å². The lowest BCUT2D eigenvalue weighted by atomic mass is 9.85. The van der Waals surface area contributed by atoms with Crippen molar-refractivity contribution in [3.63, 3.8) is 0 Å². The van der Waals surface area contributed by atoms with Gasteiger partial charge in [-0.3, -0.25) is 4.90 Å². The summed E-state index contributed by atoms with van der Waals surface area (Å²) in [6.07, 6.45) is 1.78. The third-order valence-corrected chi connectivity index (χ3v) is 6.30. The van der Waals surface area contributed by atoms with E-state index in [-0.39, 0.29) is 12.0 Å². The van der Waals surface area contributed by atoms with Crippen LogP contribution in [0.3, 0.4) is 0 Å². The summed E-state index contributed by atoms with van der Waals surface area (Å²) in [6, 6.07) is 3.85. The summed E-state index contributed by atoms with van der Waals surface area (Å²) in [4.78, 5) is 4.31. The minimum absolute atomic E-state index is 0.147. The van der Waals surface area contributed by atoms with Gasteiger partial charge in [0.25, 0.3) is 0 Å². The van der Waals surface area contributed by atoms with Gasteiger partial charge in [0, 0.05) is 41.9 Å². The molecule has 2 aliphatic heterocycles. The number of nitrogens with zero attached hydrogens (tertiary/aromatic N) is 2. The molecule has 4 nitrogen and oxygen atoms in total. The summed E-state index contributed by atoms with van der Waals surface area (Å²) in [5.41, 5.74) is 1.87. The molecule has 24 heavy (non-hydrogen) atoms. The molecule has 1 saturated heterocycles. The van der Waals surface area contributed by atoms with Gasteiger partial charge < -0.3 is 9.26 Å². The Labute approximate surface area is 143 Å². The van der Waals surface area contributed by atoms with Crippen molar-refractivity contribution in [2.45, 2.75) is 44.3 Å². The maximum Gasteiger partial charge on any atom is 0.243 e. The smallest absolute Gasteiger partial charge is 0.243 e. The topological polar surface area (TPSA) is 38.5 Å². The second-order valence-electron chi connectivity index (χ2n) is 6.52. The summed E-state index contributed by atoms with van der Waals surface area (Å²) in [7, 11) is 0. The van der Waals surface area contributed by atoms with E-state index in [2.05, 4.69) is 10.1 Å². The minimum atomic E-state index is -2.29. The Morgan fingerprint density at radius 3 is 2.88 bits per heavy atom. The predicted octanol–water partition coefficient (Wildman–Crippen LogP) is 3.61. The lowest BCUT2D eigenvalue weighted by Crippen LogP contribution is -2.45. The van der Waals surface area contributed by atoms with Gasteiger partial charge in [0.05, 0.1) is 12.3 Å². The summed E-state index contributed by atoms with van der Waals surface area (Å²) in [5.74, 6) is 0. The third-order valence-electron chi connectivity index (χ3n) is 4.92.